The highest BCUT2D eigenvalue weighted by Gasteiger charge is 2.34. The highest BCUT2D eigenvalue weighted by Crippen LogP contribution is 2.31. The Bertz CT molecular complexity index is 1720. The van der Waals surface area contributed by atoms with E-state index in [1.807, 2.05) is 37.3 Å². The number of hydrogen-bond donors (Lipinski definition) is 1. The highest BCUT2D eigenvalue weighted by atomic mass is 79.9. The molecular weight excluding hydrogens is 666 g/mol. The molecule has 0 spiro atoms. The van der Waals surface area contributed by atoms with E-state index in [-0.39, 0.29) is 17.9 Å². The monoisotopic (exact) mass is 697 g/mol. The molecule has 0 aliphatic heterocycles. The normalized spacial score (nSPS) is 11.8. The molecule has 0 unspecified atom stereocenters. The molecule has 230 valence electrons. The third-order valence-electron chi connectivity index (χ3n) is 7.13. The van der Waals surface area contributed by atoms with Crippen LogP contribution in [0.5, 0.6) is 5.75 Å². The molecule has 4 aromatic carbocycles. The highest BCUT2D eigenvalue weighted by molar-refractivity contribution is 9.10. The maximum Gasteiger partial charge on any atom is 0.264 e. The number of aryl methyl sites for hydroxylation is 1. The Kier molecular flexibility index (Phi) is 11.1. The summed E-state index contributed by atoms with van der Waals surface area (Å²) in [6.07, 6.45) is 0.208. The van der Waals surface area contributed by atoms with Gasteiger partial charge < -0.3 is 15.0 Å². The van der Waals surface area contributed by atoms with Crippen molar-refractivity contribution in [3.8, 4) is 5.75 Å². The first-order chi connectivity index (χ1) is 21.0. The van der Waals surface area contributed by atoms with Gasteiger partial charge in [0.15, 0.2) is 0 Å². The molecule has 0 saturated heterocycles. The first-order valence-electron chi connectivity index (χ1n) is 13.8. The minimum Gasteiger partial charge on any atom is -0.496 e. The Balaban J connectivity index is 1.80. The SMILES string of the molecule is CNC(=O)[C@@H](Cc1ccccc1)N(Cc1ccccc1Cl)C(=O)CN(c1ccc(C)cc1)S(=O)(=O)c1ccc(OC)c(Br)c1. The molecule has 8 nitrogen and oxygen atoms in total. The molecule has 11 heteroatoms. The summed E-state index contributed by atoms with van der Waals surface area (Å²) in [5, 5.41) is 3.09. The fourth-order valence-electron chi connectivity index (χ4n) is 4.71. The van der Waals surface area contributed by atoms with E-state index in [0.717, 1.165) is 15.4 Å². The second-order valence-electron chi connectivity index (χ2n) is 10.1. The Hall–Kier alpha value is -3.86. The fraction of sp³-hybridized carbons (Fsp3) is 0.212. The van der Waals surface area contributed by atoms with Crippen LogP contribution in [0.4, 0.5) is 5.69 Å². The number of methoxy groups -OCH3 is 1. The summed E-state index contributed by atoms with van der Waals surface area (Å²) in [6.45, 7) is 1.30. The Morgan fingerprint density at radius 3 is 2.23 bits per heavy atom. The number of hydrogen-bond acceptors (Lipinski definition) is 5. The van der Waals surface area contributed by atoms with E-state index in [1.54, 1.807) is 48.5 Å². The third-order valence-corrected chi connectivity index (χ3v) is 9.89. The van der Waals surface area contributed by atoms with Gasteiger partial charge in [-0.1, -0.05) is 77.8 Å². The minimum absolute atomic E-state index is 0.0146. The van der Waals surface area contributed by atoms with Gasteiger partial charge in [-0.2, -0.15) is 0 Å². The molecule has 1 atom stereocenters. The van der Waals surface area contributed by atoms with Gasteiger partial charge in [0.25, 0.3) is 10.0 Å². The number of amides is 2. The molecular formula is C33H33BrClN3O5S. The standard InChI is InChI=1S/C33H33BrClN3O5S/c1-23-13-15-26(16-14-23)38(44(41,42)27-17-18-31(43-3)28(34)20-27)22-32(39)37(21-25-11-7-8-12-29(25)35)30(33(40)36-2)19-24-9-5-4-6-10-24/h4-18,20,30H,19,21-22H2,1-3H3,(H,36,40)/t30-/m1/s1. The summed E-state index contributed by atoms with van der Waals surface area (Å²) in [5.41, 5.74) is 2.68. The summed E-state index contributed by atoms with van der Waals surface area (Å²) in [4.78, 5) is 29.1. The van der Waals surface area contributed by atoms with Crippen molar-refractivity contribution in [2.24, 2.45) is 0 Å². The number of benzene rings is 4. The summed E-state index contributed by atoms with van der Waals surface area (Å²) in [7, 11) is -1.27. The molecule has 0 fully saturated rings. The Morgan fingerprint density at radius 1 is 0.955 bits per heavy atom. The van der Waals surface area contributed by atoms with Crippen molar-refractivity contribution in [3.05, 3.63) is 123 Å². The van der Waals surface area contributed by atoms with Gasteiger partial charge in [0.05, 0.1) is 22.2 Å². The van der Waals surface area contributed by atoms with Crippen LogP contribution in [-0.2, 0) is 32.6 Å². The fourth-order valence-corrected chi connectivity index (χ4v) is 7.03. The topological polar surface area (TPSA) is 96.0 Å². The number of rotatable bonds is 12. The average Bonchev–Trinajstić information content (AvgIpc) is 3.02. The van der Waals surface area contributed by atoms with Crippen LogP contribution < -0.4 is 14.4 Å². The molecule has 0 heterocycles. The van der Waals surface area contributed by atoms with Crippen molar-refractivity contribution >= 4 is 55.1 Å². The van der Waals surface area contributed by atoms with Crippen LogP contribution in [0, 0.1) is 6.92 Å². The molecule has 4 rings (SSSR count). The van der Waals surface area contributed by atoms with Crippen LogP contribution in [0.15, 0.2) is 106 Å². The van der Waals surface area contributed by atoms with E-state index >= 15 is 0 Å². The summed E-state index contributed by atoms with van der Waals surface area (Å²) < 4.78 is 35.2. The second-order valence-corrected chi connectivity index (χ2v) is 13.2. The molecule has 0 radical (unpaired) electrons. The zero-order chi connectivity index (χ0) is 31.9. The van der Waals surface area contributed by atoms with E-state index in [9.17, 15) is 18.0 Å². The largest absolute Gasteiger partial charge is 0.496 e. The van der Waals surface area contributed by atoms with E-state index in [0.29, 0.717) is 26.5 Å². The number of carbonyl (C=O) groups excluding carboxylic acids is 2. The summed E-state index contributed by atoms with van der Waals surface area (Å²) in [6, 6.07) is 26.7. The van der Waals surface area contributed by atoms with Crippen LogP contribution >= 0.6 is 27.5 Å². The van der Waals surface area contributed by atoms with Gasteiger partial charge in [0.2, 0.25) is 11.8 Å². The predicted octanol–water partition coefficient (Wildman–Crippen LogP) is 6.00. The van der Waals surface area contributed by atoms with E-state index in [4.69, 9.17) is 16.3 Å². The Labute approximate surface area is 271 Å². The van der Waals surface area contributed by atoms with Gasteiger partial charge in [-0.15, -0.1) is 0 Å². The quantitative estimate of drug-likeness (QED) is 0.196. The number of likely N-dealkylation sites (N-methyl/N-ethyl adjacent to an activating group) is 1. The predicted molar refractivity (Wildman–Crippen MR) is 176 cm³/mol. The van der Waals surface area contributed by atoms with Crippen LogP contribution in [0.3, 0.4) is 0 Å². The number of sulfonamides is 1. The second kappa shape index (κ2) is 14.7. The van der Waals surface area contributed by atoms with Gasteiger partial charge in [0, 0.05) is 25.0 Å². The zero-order valence-corrected chi connectivity index (χ0v) is 27.7. The molecule has 0 aliphatic rings. The van der Waals surface area contributed by atoms with Crippen molar-refractivity contribution in [2.45, 2.75) is 30.8 Å². The van der Waals surface area contributed by atoms with Crippen molar-refractivity contribution < 1.29 is 22.7 Å². The lowest BCUT2D eigenvalue weighted by Crippen LogP contribution is -2.53. The third kappa shape index (κ3) is 7.80. The lowest BCUT2D eigenvalue weighted by molar-refractivity contribution is -0.139. The van der Waals surface area contributed by atoms with Crippen LogP contribution in [0.25, 0.3) is 0 Å². The lowest BCUT2D eigenvalue weighted by Gasteiger charge is -2.33. The molecule has 0 saturated carbocycles. The maximum atomic E-state index is 14.4. The molecule has 0 aliphatic carbocycles. The molecule has 0 bridgehead atoms. The minimum atomic E-state index is -4.26. The number of carbonyl (C=O) groups is 2. The van der Waals surface area contributed by atoms with Crippen molar-refractivity contribution in [1.29, 1.82) is 0 Å². The first kappa shape index (κ1) is 33.0. The summed E-state index contributed by atoms with van der Waals surface area (Å²) >= 11 is 9.87. The molecule has 4 aromatic rings. The maximum absolute atomic E-state index is 14.4. The number of nitrogens with one attached hydrogen (secondary N) is 1. The van der Waals surface area contributed by atoms with Crippen LogP contribution in [0.2, 0.25) is 5.02 Å². The molecule has 1 N–H and O–H groups in total. The van der Waals surface area contributed by atoms with Crippen LogP contribution in [-0.4, -0.2) is 51.9 Å². The first-order valence-corrected chi connectivity index (χ1v) is 16.4. The number of nitrogens with zero attached hydrogens (tertiary/aromatic N) is 2. The molecule has 44 heavy (non-hydrogen) atoms. The van der Waals surface area contributed by atoms with Gasteiger partial charge >= 0.3 is 0 Å². The van der Waals surface area contributed by atoms with Crippen molar-refractivity contribution in [1.82, 2.24) is 10.2 Å². The Morgan fingerprint density at radius 2 is 1.61 bits per heavy atom. The number of halogens is 2. The zero-order valence-electron chi connectivity index (χ0n) is 24.5. The molecule has 0 aromatic heterocycles. The van der Waals surface area contributed by atoms with Gasteiger partial charge in [-0.25, -0.2) is 8.42 Å². The summed E-state index contributed by atoms with van der Waals surface area (Å²) in [5.74, 6) is -0.508. The number of ether oxygens (including phenoxy) is 1. The average molecular weight is 699 g/mol. The van der Waals surface area contributed by atoms with Crippen LogP contribution in [0.1, 0.15) is 16.7 Å². The van der Waals surface area contributed by atoms with E-state index in [1.165, 1.54) is 37.3 Å². The lowest BCUT2D eigenvalue weighted by atomic mass is 10.0. The molecule has 2 amide bonds. The van der Waals surface area contributed by atoms with E-state index in [2.05, 4.69) is 21.2 Å². The van der Waals surface area contributed by atoms with Gasteiger partial charge in [-0.05, 0) is 70.4 Å². The van der Waals surface area contributed by atoms with Gasteiger partial charge in [-0.3, -0.25) is 13.9 Å². The van der Waals surface area contributed by atoms with Crippen molar-refractivity contribution in [2.75, 3.05) is 25.0 Å². The smallest absolute Gasteiger partial charge is 0.264 e. The van der Waals surface area contributed by atoms with E-state index < -0.39 is 34.4 Å². The van der Waals surface area contributed by atoms with Crippen molar-refractivity contribution in [3.63, 3.8) is 0 Å². The number of anilines is 1. The van der Waals surface area contributed by atoms with Gasteiger partial charge in [0.1, 0.15) is 18.3 Å².